The van der Waals surface area contributed by atoms with Crippen LogP contribution < -0.4 is 15.1 Å². The van der Waals surface area contributed by atoms with Crippen molar-refractivity contribution in [3.8, 4) is 0 Å². The van der Waals surface area contributed by atoms with Crippen molar-refractivity contribution in [2.45, 2.75) is 64.1 Å². The summed E-state index contributed by atoms with van der Waals surface area (Å²) in [7, 11) is 1.80. The number of carbonyl (C=O) groups is 1. The third kappa shape index (κ3) is 5.46. The van der Waals surface area contributed by atoms with E-state index in [9.17, 15) is 15.0 Å². The quantitative estimate of drug-likeness (QED) is 0.351. The lowest BCUT2D eigenvalue weighted by molar-refractivity contribution is -0.0691. The minimum absolute atomic E-state index is 0.0863. The Morgan fingerprint density at radius 3 is 2.67 bits per heavy atom. The van der Waals surface area contributed by atoms with Crippen molar-refractivity contribution in [1.29, 1.82) is 0 Å². The van der Waals surface area contributed by atoms with Crippen molar-refractivity contribution in [1.82, 2.24) is 24.3 Å². The molecule has 4 aliphatic heterocycles. The molecule has 5 aliphatic rings. The Balaban J connectivity index is 1.02. The molecule has 1 aliphatic carbocycles. The van der Waals surface area contributed by atoms with Crippen LogP contribution in [0.1, 0.15) is 52.6 Å². The normalized spacial score (nSPS) is 23.3. The van der Waals surface area contributed by atoms with Crippen molar-refractivity contribution < 1.29 is 19.7 Å². The zero-order chi connectivity index (χ0) is 32.9. The molecule has 1 unspecified atom stereocenters. The SMILES string of the molecule is C[C@H]1CN(C2COC2)CCN1c1ccc(NC2=CC(c3ccnc(N4CCn5c(cc6c5CCCC6)C4=O)c3CO)=CN(C)C2O)nc1. The van der Waals surface area contributed by atoms with Gasteiger partial charge in [-0.05, 0) is 74.1 Å². The molecule has 1 amide bonds. The second-order valence-corrected chi connectivity index (χ2v) is 13.6. The highest BCUT2D eigenvalue weighted by Gasteiger charge is 2.34. The van der Waals surface area contributed by atoms with Crippen LogP contribution in [0, 0.1) is 0 Å². The first-order chi connectivity index (χ1) is 23.4. The summed E-state index contributed by atoms with van der Waals surface area (Å²) >= 11 is 0. The molecular weight excluding hydrogens is 608 g/mol. The smallest absolute Gasteiger partial charge is 0.276 e. The molecule has 0 radical (unpaired) electrons. The van der Waals surface area contributed by atoms with Gasteiger partial charge in [-0.15, -0.1) is 0 Å². The molecule has 2 saturated heterocycles. The van der Waals surface area contributed by atoms with Crippen LogP contribution in [0.5, 0.6) is 0 Å². The molecule has 8 rings (SSSR count). The Bertz CT molecular complexity index is 1760. The lowest BCUT2D eigenvalue weighted by atomic mass is 9.98. The summed E-state index contributed by atoms with van der Waals surface area (Å²) in [5.74, 6) is 1.01. The van der Waals surface area contributed by atoms with Gasteiger partial charge >= 0.3 is 0 Å². The first-order valence-electron chi connectivity index (χ1n) is 17.2. The third-order valence-corrected chi connectivity index (χ3v) is 10.6. The highest BCUT2D eigenvalue weighted by atomic mass is 16.5. The van der Waals surface area contributed by atoms with E-state index in [1.54, 1.807) is 23.0 Å². The van der Waals surface area contributed by atoms with Gasteiger partial charge in [0.1, 0.15) is 17.3 Å². The van der Waals surface area contributed by atoms with E-state index in [-0.39, 0.29) is 12.5 Å². The molecule has 12 nitrogen and oxygen atoms in total. The number of allylic oxidation sites excluding steroid dienone is 2. The van der Waals surface area contributed by atoms with Gasteiger partial charge in [0.25, 0.3) is 5.91 Å². The number of carbonyl (C=O) groups excluding carboxylic acids is 1. The summed E-state index contributed by atoms with van der Waals surface area (Å²) in [5.41, 5.74) is 7.01. The van der Waals surface area contributed by atoms with E-state index in [0.717, 1.165) is 75.4 Å². The molecular formula is C36H44N8O4. The van der Waals surface area contributed by atoms with Crippen LogP contribution >= 0.6 is 0 Å². The van der Waals surface area contributed by atoms with Crippen LogP contribution in [-0.4, -0.2) is 105 Å². The minimum Gasteiger partial charge on any atom is -0.392 e. The average molecular weight is 653 g/mol. The fraction of sp³-hybridized carbons (Fsp3) is 0.472. The molecule has 252 valence electrons. The van der Waals surface area contributed by atoms with Gasteiger partial charge in [-0.25, -0.2) is 9.97 Å². The van der Waals surface area contributed by atoms with E-state index in [0.29, 0.717) is 53.8 Å². The number of aromatic nitrogens is 3. The lowest BCUT2D eigenvalue weighted by Gasteiger charge is -2.46. The van der Waals surface area contributed by atoms with Gasteiger partial charge in [0.05, 0.1) is 43.4 Å². The van der Waals surface area contributed by atoms with Gasteiger partial charge in [-0.2, -0.15) is 0 Å². The number of rotatable bonds is 7. The van der Waals surface area contributed by atoms with Crippen LogP contribution in [0.15, 0.2) is 54.6 Å². The zero-order valence-electron chi connectivity index (χ0n) is 27.7. The highest BCUT2D eigenvalue weighted by Crippen LogP contribution is 2.35. The number of anilines is 3. The Kier molecular flexibility index (Phi) is 8.19. The molecule has 0 bridgehead atoms. The standard InChI is InChI=1S/C36H44N8O4/c1-23-18-41(27-21-48-22-27)11-12-42(23)26-7-8-33(38-17-26)39-30-15-25(19-40(2)35(30)46)28-9-10-37-34(29(28)20-45)44-14-13-43-31-6-4-3-5-24(31)16-32(43)36(44)47/h7-10,15-17,19,23,27,35,45-46H,3-6,11-14,18,20-22H2,1-2H3,(H,38,39)/t23-,35?/m0/s1. The zero-order valence-corrected chi connectivity index (χ0v) is 27.7. The van der Waals surface area contributed by atoms with E-state index in [1.165, 1.54) is 11.3 Å². The number of fused-ring (bicyclic) bond motifs is 3. The van der Waals surface area contributed by atoms with Crippen LogP contribution in [-0.2, 0) is 30.7 Å². The molecule has 0 spiro atoms. The van der Waals surface area contributed by atoms with Gasteiger partial charge in [0, 0.05) is 75.0 Å². The number of pyridine rings is 2. The van der Waals surface area contributed by atoms with Gasteiger partial charge in [-0.3, -0.25) is 14.6 Å². The summed E-state index contributed by atoms with van der Waals surface area (Å²) in [5, 5.41) is 25.1. The number of aryl methyl sites for hydroxylation is 1. The molecule has 0 saturated carbocycles. The predicted octanol–water partition coefficient (Wildman–Crippen LogP) is 2.82. The number of amides is 1. The van der Waals surface area contributed by atoms with Crippen LogP contribution in [0.4, 0.5) is 17.3 Å². The molecule has 12 heteroatoms. The van der Waals surface area contributed by atoms with E-state index in [2.05, 4.69) is 43.7 Å². The van der Waals surface area contributed by atoms with Crippen LogP contribution in [0.25, 0.3) is 5.57 Å². The Hall–Kier alpha value is -4.23. The topological polar surface area (TPSA) is 122 Å². The third-order valence-electron chi connectivity index (χ3n) is 10.6. The number of nitrogens with zero attached hydrogens (tertiary/aromatic N) is 7. The number of hydrogen-bond donors (Lipinski definition) is 3. The van der Waals surface area contributed by atoms with Crippen LogP contribution in [0.3, 0.4) is 0 Å². The molecule has 48 heavy (non-hydrogen) atoms. The van der Waals surface area contributed by atoms with E-state index < -0.39 is 6.23 Å². The summed E-state index contributed by atoms with van der Waals surface area (Å²) in [4.78, 5) is 31.5. The maximum atomic E-state index is 13.8. The first kappa shape index (κ1) is 31.1. The lowest BCUT2D eigenvalue weighted by Crippen LogP contribution is -2.59. The van der Waals surface area contributed by atoms with Crippen molar-refractivity contribution in [3.63, 3.8) is 0 Å². The number of nitrogens with one attached hydrogen (secondary N) is 1. The van der Waals surface area contributed by atoms with Gasteiger partial charge in [-0.1, -0.05) is 0 Å². The van der Waals surface area contributed by atoms with Crippen LogP contribution in [0.2, 0.25) is 0 Å². The van der Waals surface area contributed by atoms with Crippen molar-refractivity contribution in [2.75, 3.05) is 61.6 Å². The fourth-order valence-corrected chi connectivity index (χ4v) is 7.93. The summed E-state index contributed by atoms with van der Waals surface area (Å²) in [6, 6.07) is 8.84. The second-order valence-electron chi connectivity index (χ2n) is 13.6. The van der Waals surface area contributed by atoms with E-state index in [1.807, 2.05) is 30.6 Å². The van der Waals surface area contributed by atoms with Gasteiger partial charge < -0.3 is 34.6 Å². The molecule has 2 atom stereocenters. The molecule has 3 N–H and O–H groups in total. The van der Waals surface area contributed by atoms with Gasteiger partial charge in [0.2, 0.25) is 0 Å². The summed E-state index contributed by atoms with van der Waals surface area (Å²) < 4.78 is 7.58. The molecule has 7 heterocycles. The number of hydrogen-bond acceptors (Lipinski definition) is 10. The Labute approximate surface area is 280 Å². The monoisotopic (exact) mass is 652 g/mol. The minimum atomic E-state index is -0.916. The molecule has 3 aromatic rings. The average Bonchev–Trinajstić information content (AvgIpc) is 3.46. The Morgan fingerprint density at radius 2 is 1.92 bits per heavy atom. The summed E-state index contributed by atoms with van der Waals surface area (Å²) in [6.45, 7) is 7.77. The first-order valence-corrected chi connectivity index (χ1v) is 17.2. The molecule has 0 aromatic carbocycles. The Morgan fingerprint density at radius 1 is 1.06 bits per heavy atom. The van der Waals surface area contributed by atoms with Crippen molar-refractivity contribution in [3.05, 3.63) is 82.7 Å². The maximum Gasteiger partial charge on any atom is 0.276 e. The van der Waals surface area contributed by atoms with Gasteiger partial charge in [0.15, 0.2) is 6.23 Å². The number of piperazine rings is 1. The summed E-state index contributed by atoms with van der Waals surface area (Å²) in [6.07, 6.45) is 10.7. The van der Waals surface area contributed by atoms with E-state index >= 15 is 0 Å². The number of likely N-dealkylation sites (N-methyl/N-ethyl adjacent to an activating group) is 1. The second kappa shape index (κ2) is 12.7. The fourth-order valence-electron chi connectivity index (χ4n) is 7.93. The number of ether oxygens (including phenoxy) is 1. The maximum absolute atomic E-state index is 13.8. The van der Waals surface area contributed by atoms with E-state index in [4.69, 9.17) is 9.72 Å². The molecule has 3 aromatic heterocycles. The highest BCUT2D eigenvalue weighted by molar-refractivity contribution is 6.06. The number of aliphatic hydroxyl groups is 2. The van der Waals surface area contributed by atoms with Crippen molar-refractivity contribution in [2.24, 2.45) is 0 Å². The molecule has 2 fully saturated rings. The number of aliphatic hydroxyl groups excluding tert-OH is 2. The predicted molar refractivity (Wildman–Crippen MR) is 184 cm³/mol. The largest absolute Gasteiger partial charge is 0.392 e. The van der Waals surface area contributed by atoms with Crippen molar-refractivity contribution >= 4 is 28.8 Å².